The van der Waals surface area contributed by atoms with Gasteiger partial charge in [0.1, 0.15) is 24.2 Å². The van der Waals surface area contributed by atoms with Crippen LogP contribution in [0.15, 0.2) is 71.1 Å². The molecule has 1 aromatic heterocycles. The van der Waals surface area contributed by atoms with Crippen LogP contribution >= 0.6 is 0 Å². The van der Waals surface area contributed by atoms with Crippen LogP contribution in [0.3, 0.4) is 0 Å². The van der Waals surface area contributed by atoms with Crippen LogP contribution in [0, 0.1) is 11.3 Å². The molecule has 0 N–H and O–H groups in total. The van der Waals surface area contributed by atoms with Crippen molar-refractivity contribution in [2.75, 3.05) is 0 Å². The van der Waals surface area contributed by atoms with Gasteiger partial charge in [-0.2, -0.15) is 5.26 Å². The predicted molar refractivity (Wildman–Crippen MR) is 104 cm³/mol. The lowest BCUT2D eigenvalue weighted by Crippen LogP contribution is -2.32. The van der Waals surface area contributed by atoms with Crippen LogP contribution < -0.4 is 4.74 Å². The van der Waals surface area contributed by atoms with E-state index < -0.39 is 0 Å². The fourth-order valence-electron chi connectivity index (χ4n) is 3.08. The largest absolute Gasteiger partial charge is 0.484 e. The van der Waals surface area contributed by atoms with Gasteiger partial charge in [0.25, 0.3) is 5.91 Å². The Morgan fingerprint density at radius 2 is 1.82 bits per heavy atom. The quantitative estimate of drug-likeness (QED) is 0.611. The molecule has 0 saturated heterocycles. The summed E-state index contributed by atoms with van der Waals surface area (Å²) in [6, 6.07) is 22.8. The molecule has 3 aromatic rings. The van der Waals surface area contributed by atoms with E-state index in [1.807, 2.05) is 41.3 Å². The number of hydrogen-bond donors (Lipinski definition) is 0. The predicted octanol–water partition coefficient (Wildman–Crippen LogP) is 4.54. The number of carbonyl (C=O) groups excluding carboxylic acids is 1. The number of carbonyl (C=O) groups is 1. The summed E-state index contributed by atoms with van der Waals surface area (Å²) in [7, 11) is 0. The summed E-state index contributed by atoms with van der Waals surface area (Å²) in [5.41, 5.74) is 1.57. The maximum atomic E-state index is 13.0. The summed E-state index contributed by atoms with van der Waals surface area (Å²) in [5, 5.41) is 9.13. The van der Waals surface area contributed by atoms with E-state index in [4.69, 9.17) is 14.4 Å². The fourth-order valence-corrected chi connectivity index (χ4v) is 3.08. The second-order valence-electron chi connectivity index (χ2n) is 6.81. The van der Waals surface area contributed by atoms with Crippen molar-refractivity contribution in [3.8, 4) is 11.8 Å². The first kappa shape index (κ1) is 17.9. The Kier molecular flexibility index (Phi) is 5.11. The van der Waals surface area contributed by atoms with Gasteiger partial charge in [0.2, 0.25) is 0 Å². The summed E-state index contributed by atoms with van der Waals surface area (Å²) in [5.74, 6) is 1.26. The number of hydrogen-bond acceptors (Lipinski definition) is 4. The van der Waals surface area contributed by atoms with Crippen molar-refractivity contribution in [2.45, 2.75) is 32.0 Å². The van der Waals surface area contributed by atoms with Crippen molar-refractivity contribution in [1.82, 2.24) is 4.90 Å². The number of furan rings is 1. The minimum Gasteiger partial charge on any atom is -0.484 e. The molecule has 1 heterocycles. The summed E-state index contributed by atoms with van der Waals surface area (Å²) < 4.78 is 11.4. The molecule has 1 saturated carbocycles. The van der Waals surface area contributed by atoms with Crippen LogP contribution in [0.5, 0.6) is 5.75 Å². The molecule has 1 amide bonds. The minimum absolute atomic E-state index is 0.102. The van der Waals surface area contributed by atoms with Crippen LogP contribution in [-0.2, 0) is 13.2 Å². The molecule has 0 radical (unpaired) electrons. The van der Waals surface area contributed by atoms with Gasteiger partial charge in [0, 0.05) is 12.6 Å². The molecular weight excluding hydrogens is 352 g/mol. The van der Waals surface area contributed by atoms with Crippen molar-refractivity contribution >= 4 is 5.91 Å². The van der Waals surface area contributed by atoms with Crippen molar-refractivity contribution in [3.63, 3.8) is 0 Å². The molecular formula is C23H20N2O3. The summed E-state index contributed by atoms with van der Waals surface area (Å²) >= 11 is 0. The van der Waals surface area contributed by atoms with Gasteiger partial charge in [-0.15, -0.1) is 0 Å². The normalized spacial score (nSPS) is 13.0. The van der Waals surface area contributed by atoms with Crippen LogP contribution in [-0.4, -0.2) is 16.8 Å². The monoisotopic (exact) mass is 372 g/mol. The van der Waals surface area contributed by atoms with Crippen LogP contribution in [0.25, 0.3) is 0 Å². The van der Waals surface area contributed by atoms with Gasteiger partial charge in [0.05, 0.1) is 5.56 Å². The number of nitrogens with zero attached hydrogens (tertiary/aromatic N) is 2. The average molecular weight is 372 g/mol. The SMILES string of the molecule is N#Cc1ccccc1OCc1ccc(C(=O)N(Cc2ccccc2)C2CC2)o1. The zero-order valence-electron chi connectivity index (χ0n) is 15.4. The first-order valence-electron chi connectivity index (χ1n) is 9.30. The molecule has 140 valence electrons. The standard InChI is InChI=1S/C23H20N2O3/c24-14-18-8-4-5-9-21(18)27-16-20-12-13-22(28-20)23(26)25(19-10-11-19)15-17-6-2-1-3-7-17/h1-9,12-13,19H,10-11,15-16H2. The van der Waals surface area contributed by atoms with E-state index in [9.17, 15) is 4.79 Å². The third-order valence-electron chi connectivity index (χ3n) is 4.69. The van der Waals surface area contributed by atoms with Gasteiger partial charge in [-0.05, 0) is 42.7 Å². The number of benzene rings is 2. The summed E-state index contributed by atoms with van der Waals surface area (Å²) in [4.78, 5) is 14.8. The molecule has 0 atom stereocenters. The van der Waals surface area contributed by atoms with Gasteiger partial charge < -0.3 is 14.1 Å². The molecule has 5 heteroatoms. The molecule has 0 bridgehead atoms. The van der Waals surface area contributed by atoms with Gasteiger partial charge in [-0.3, -0.25) is 4.79 Å². The lowest BCUT2D eigenvalue weighted by Gasteiger charge is -2.21. The molecule has 4 rings (SSSR count). The highest BCUT2D eigenvalue weighted by molar-refractivity contribution is 5.92. The molecule has 1 aliphatic carbocycles. The second kappa shape index (κ2) is 8.01. The Hall–Kier alpha value is -3.52. The number of ether oxygens (including phenoxy) is 1. The maximum Gasteiger partial charge on any atom is 0.290 e. The van der Waals surface area contributed by atoms with Crippen LogP contribution in [0.1, 0.15) is 40.3 Å². The number of rotatable bonds is 7. The number of nitriles is 1. The lowest BCUT2D eigenvalue weighted by atomic mass is 10.2. The highest BCUT2D eigenvalue weighted by Gasteiger charge is 2.34. The van der Waals surface area contributed by atoms with Crippen molar-refractivity contribution in [1.29, 1.82) is 5.26 Å². The van der Waals surface area contributed by atoms with Crippen molar-refractivity contribution in [3.05, 3.63) is 89.4 Å². The molecule has 1 aliphatic rings. The Labute approximate surface area is 163 Å². The maximum absolute atomic E-state index is 13.0. The number of para-hydroxylation sites is 1. The van der Waals surface area contributed by atoms with Gasteiger partial charge in [0.15, 0.2) is 5.76 Å². The third kappa shape index (κ3) is 4.07. The minimum atomic E-state index is -0.102. The molecule has 2 aromatic carbocycles. The lowest BCUT2D eigenvalue weighted by molar-refractivity contribution is 0.0693. The first-order chi connectivity index (χ1) is 13.7. The first-order valence-corrected chi connectivity index (χ1v) is 9.30. The van der Waals surface area contributed by atoms with E-state index in [0.717, 1.165) is 18.4 Å². The highest BCUT2D eigenvalue weighted by Crippen LogP contribution is 2.30. The van der Waals surface area contributed by atoms with Crippen LogP contribution in [0.4, 0.5) is 0 Å². The molecule has 28 heavy (non-hydrogen) atoms. The summed E-state index contributed by atoms with van der Waals surface area (Å²) in [6.45, 7) is 0.737. The van der Waals surface area contributed by atoms with E-state index in [-0.39, 0.29) is 18.6 Å². The van der Waals surface area contributed by atoms with Crippen molar-refractivity contribution in [2.24, 2.45) is 0 Å². The highest BCUT2D eigenvalue weighted by atomic mass is 16.5. The fraction of sp³-hybridized carbons (Fsp3) is 0.217. The van der Waals surface area contributed by atoms with E-state index in [1.54, 1.807) is 30.3 Å². The molecule has 1 fully saturated rings. The third-order valence-corrected chi connectivity index (χ3v) is 4.69. The topological polar surface area (TPSA) is 66.5 Å². The van der Waals surface area contributed by atoms with Gasteiger partial charge >= 0.3 is 0 Å². The van der Waals surface area contributed by atoms with Crippen molar-refractivity contribution < 1.29 is 13.9 Å². The van der Waals surface area contributed by atoms with Crippen LogP contribution in [0.2, 0.25) is 0 Å². The average Bonchev–Trinajstić information content (AvgIpc) is 3.48. The molecule has 0 unspecified atom stereocenters. The molecule has 0 aliphatic heterocycles. The molecule has 0 spiro atoms. The Morgan fingerprint density at radius 3 is 2.57 bits per heavy atom. The zero-order valence-corrected chi connectivity index (χ0v) is 15.4. The smallest absolute Gasteiger partial charge is 0.290 e. The van der Waals surface area contributed by atoms with Gasteiger partial charge in [-0.1, -0.05) is 42.5 Å². The summed E-state index contributed by atoms with van der Waals surface area (Å²) in [6.07, 6.45) is 2.06. The molecule has 5 nitrogen and oxygen atoms in total. The van der Waals surface area contributed by atoms with Gasteiger partial charge in [-0.25, -0.2) is 0 Å². The Bertz CT molecular complexity index is 1000. The Balaban J connectivity index is 1.44. The number of amides is 1. The van der Waals surface area contributed by atoms with E-state index in [0.29, 0.717) is 29.4 Å². The Morgan fingerprint density at radius 1 is 1.07 bits per heavy atom. The van der Waals surface area contributed by atoms with E-state index >= 15 is 0 Å². The van der Waals surface area contributed by atoms with E-state index in [2.05, 4.69) is 6.07 Å². The zero-order chi connectivity index (χ0) is 19.3. The van der Waals surface area contributed by atoms with E-state index in [1.165, 1.54) is 0 Å². The second-order valence-corrected chi connectivity index (χ2v) is 6.81.